The van der Waals surface area contributed by atoms with Crippen molar-refractivity contribution in [3.8, 4) is 0 Å². The second kappa shape index (κ2) is 20.2. The molecule has 0 spiro atoms. The van der Waals surface area contributed by atoms with Crippen molar-refractivity contribution < 1.29 is 58.9 Å². The molecule has 0 heterocycles. The first-order valence-corrected chi connectivity index (χ1v) is 20.6. The maximum Gasteiger partial charge on any atom is 4.00 e. The van der Waals surface area contributed by atoms with Crippen LogP contribution in [0.15, 0.2) is 96.2 Å². The summed E-state index contributed by atoms with van der Waals surface area (Å²) >= 11 is 0. The molecule has 0 amide bonds. The van der Waals surface area contributed by atoms with Gasteiger partial charge in [-0.2, -0.15) is 17.7 Å². The Hall–Kier alpha value is -1.84. The van der Waals surface area contributed by atoms with Crippen LogP contribution in [-0.4, -0.2) is 8.07 Å². The quantitative estimate of drug-likeness (QED) is 0.125. The van der Waals surface area contributed by atoms with Crippen LogP contribution in [0.5, 0.6) is 0 Å². The molecule has 0 aliphatic heterocycles. The average Bonchev–Trinajstić information content (AvgIpc) is 3.55. The number of halogens is 3. The van der Waals surface area contributed by atoms with E-state index in [-0.39, 0.29) is 58.9 Å². The third kappa shape index (κ3) is 10.1. The summed E-state index contributed by atoms with van der Waals surface area (Å²) in [6, 6.07) is 34.0. The van der Waals surface area contributed by atoms with Crippen molar-refractivity contribution in [3.63, 3.8) is 0 Å². The number of hydrogen-bond acceptors (Lipinski definition) is 0. The molecule has 5 heteroatoms. The third-order valence-electron chi connectivity index (χ3n) is 10.6. The predicted octanol–water partition coefficient (Wildman–Crippen LogP) is 2.66. The number of rotatable bonds is 11. The summed E-state index contributed by atoms with van der Waals surface area (Å²) in [5.74, 6) is 2.64. The minimum absolute atomic E-state index is 0. The molecule has 0 unspecified atom stereocenters. The fourth-order valence-electron chi connectivity index (χ4n) is 7.23. The SMILES string of the molecule is CC(C)c1cc(C(C)C)cc([Si](C2=[C-]C(c3ccccc3)=CC2)(c2cc(C(C)C)cc(C(C)C)c2)c2cc(C(C)C)cc(C(C)C)c2)c1.[Cl-].[Cl-].[Cl-].[Ti+4]. The van der Waals surface area contributed by atoms with Crippen LogP contribution in [0.1, 0.15) is 164 Å². The van der Waals surface area contributed by atoms with Gasteiger partial charge in [-0.1, -0.05) is 162 Å². The molecular formula is C47H59Cl3SiTi. The maximum absolute atomic E-state index is 4.18. The molecule has 4 aromatic carbocycles. The zero-order chi connectivity index (χ0) is 34.9. The van der Waals surface area contributed by atoms with Crippen molar-refractivity contribution in [1.82, 2.24) is 0 Å². The smallest absolute Gasteiger partial charge is 1.00 e. The van der Waals surface area contributed by atoms with Gasteiger partial charge in [0.15, 0.2) is 8.07 Å². The maximum atomic E-state index is 4.18. The van der Waals surface area contributed by atoms with Gasteiger partial charge >= 0.3 is 21.7 Å². The van der Waals surface area contributed by atoms with Crippen LogP contribution in [0.2, 0.25) is 0 Å². The van der Waals surface area contributed by atoms with E-state index in [9.17, 15) is 0 Å². The molecule has 0 saturated carbocycles. The summed E-state index contributed by atoms with van der Waals surface area (Å²) in [5, 5.41) is 6.00. The summed E-state index contributed by atoms with van der Waals surface area (Å²) < 4.78 is 0. The van der Waals surface area contributed by atoms with Crippen molar-refractivity contribution in [2.24, 2.45) is 0 Å². The van der Waals surface area contributed by atoms with Gasteiger partial charge in [-0.3, -0.25) is 0 Å². The molecule has 0 radical (unpaired) electrons. The van der Waals surface area contributed by atoms with Gasteiger partial charge in [0.05, 0.1) is 0 Å². The summed E-state index contributed by atoms with van der Waals surface area (Å²) in [7, 11) is -2.88. The van der Waals surface area contributed by atoms with E-state index in [4.69, 9.17) is 0 Å². The van der Waals surface area contributed by atoms with Gasteiger partial charge in [-0.15, -0.1) is 22.9 Å². The average molecular weight is 806 g/mol. The number of hydrogen-bond donors (Lipinski definition) is 0. The van der Waals surface area contributed by atoms with E-state index in [0.717, 1.165) is 6.42 Å². The first-order chi connectivity index (χ1) is 22.7. The molecule has 0 N–H and O–H groups in total. The van der Waals surface area contributed by atoms with E-state index in [1.807, 2.05) is 0 Å². The van der Waals surface area contributed by atoms with Crippen LogP contribution in [0.3, 0.4) is 0 Å². The van der Waals surface area contributed by atoms with Crippen molar-refractivity contribution in [2.45, 2.75) is 125 Å². The molecule has 52 heavy (non-hydrogen) atoms. The van der Waals surface area contributed by atoms with Gasteiger partial charge in [0.2, 0.25) is 0 Å². The molecule has 1 aliphatic carbocycles. The van der Waals surface area contributed by atoms with Crippen molar-refractivity contribution in [3.05, 3.63) is 141 Å². The van der Waals surface area contributed by atoms with Crippen molar-refractivity contribution in [2.75, 3.05) is 0 Å². The van der Waals surface area contributed by atoms with Crippen LogP contribution < -0.4 is 52.8 Å². The van der Waals surface area contributed by atoms with Gasteiger partial charge in [0.25, 0.3) is 0 Å². The van der Waals surface area contributed by atoms with E-state index < -0.39 is 8.07 Å². The molecule has 276 valence electrons. The Morgan fingerprint density at radius 1 is 0.442 bits per heavy atom. The van der Waals surface area contributed by atoms with E-state index in [2.05, 4.69) is 180 Å². The third-order valence-corrected chi connectivity index (χ3v) is 15.3. The first-order valence-electron chi connectivity index (χ1n) is 18.6. The Kier molecular flexibility index (Phi) is 18.7. The van der Waals surface area contributed by atoms with E-state index >= 15 is 0 Å². The van der Waals surface area contributed by atoms with Crippen LogP contribution in [0, 0.1) is 6.08 Å². The zero-order valence-electron chi connectivity index (χ0n) is 33.5. The minimum atomic E-state index is -2.88. The van der Waals surface area contributed by atoms with Gasteiger partial charge in [-0.25, -0.2) is 0 Å². The van der Waals surface area contributed by atoms with Crippen LogP contribution in [0.4, 0.5) is 0 Å². The predicted molar refractivity (Wildman–Crippen MR) is 214 cm³/mol. The fraction of sp³-hybridized carbons (Fsp3) is 0.404. The van der Waals surface area contributed by atoms with Crippen LogP contribution in [-0.2, 0) is 21.7 Å². The fourth-order valence-corrected chi connectivity index (χ4v) is 12.3. The van der Waals surface area contributed by atoms with Gasteiger partial charge in [-0.05, 0) is 84.4 Å². The van der Waals surface area contributed by atoms with Gasteiger partial charge in [0, 0.05) is 0 Å². The van der Waals surface area contributed by atoms with Crippen molar-refractivity contribution >= 4 is 29.2 Å². The number of benzene rings is 4. The molecular weight excluding hydrogens is 747 g/mol. The minimum Gasteiger partial charge on any atom is -1.00 e. The van der Waals surface area contributed by atoms with Gasteiger partial charge < -0.3 is 37.2 Å². The first kappa shape index (κ1) is 48.2. The van der Waals surface area contributed by atoms with Crippen molar-refractivity contribution in [1.29, 1.82) is 0 Å². The second-order valence-corrected chi connectivity index (χ2v) is 20.0. The molecule has 0 nitrogen and oxygen atoms in total. The monoisotopic (exact) mass is 804 g/mol. The Bertz CT molecular complexity index is 1580. The summed E-state index contributed by atoms with van der Waals surface area (Å²) in [6.45, 7) is 28.3. The number of allylic oxidation sites excluding steroid dienone is 4. The summed E-state index contributed by atoms with van der Waals surface area (Å²) in [5.41, 5.74) is 11.1. The summed E-state index contributed by atoms with van der Waals surface area (Å²) in [6.07, 6.45) is 7.55. The molecule has 0 atom stereocenters. The second-order valence-electron chi connectivity index (χ2n) is 16.1. The molecule has 4 aromatic rings. The topological polar surface area (TPSA) is 0 Å². The van der Waals surface area contributed by atoms with Crippen LogP contribution >= 0.6 is 0 Å². The Balaban J connectivity index is 0.00000338. The molecule has 5 rings (SSSR count). The zero-order valence-corrected chi connectivity index (χ0v) is 38.3. The Morgan fingerprint density at radius 3 is 1.00 bits per heavy atom. The molecule has 1 aliphatic rings. The van der Waals surface area contributed by atoms with Gasteiger partial charge in [0.1, 0.15) is 0 Å². The van der Waals surface area contributed by atoms with E-state index in [1.165, 1.54) is 65.3 Å². The van der Waals surface area contributed by atoms with Crippen LogP contribution in [0.25, 0.3) is 5.57 Å². The Morgan fingerprint density at radius 2 is 0.731 bits per heavy atom. The van der Waals surface area contributed by atoms with E-state index in [1.54, 1.807) is 0 Å². The van der Waals surface area contributed by atoms with E-state index in [0.29, 0.717) is 35.5 Å². The Labute approximate surface area is 351 Å². The molecule has 0 bridgehead atoms. The molecule has 0 saturated heterocycles. The molecule has 0 fully saturated rings. The normalized spacial score (nSPS) is 12.8. The summed E-state index contributed by atoms with van der Waals surface area (Å²) in [4.78, 5) is 0. The molecule has 0 aromatic heterocycles. The standard InChI is InChI=1S/C47H59Si.3ClH.Ti/c1-30(2)38-20-39(31(3)4)25-45(24-38)48(44-19-18-37(23-44)36-16-14-13-15-17-36,46-26-40(32(5)6)21-41(27-46)33(7)8)47-28-42(34(9)10)22-43(29-47)35(11)12;;;;/h13-18,20-22,24-35H,19H2,1-12H3;3*1H;/q-1;;;;+4/p-3. The largest absolute Gasteiger partial charge is 4.00 e.